The zero-order valence-corrected chi connectivity index (χ0v) is 19.1. The Hall–Kier alpha value is -2.04. The van der Waals surface area contributed by atoms with Crippen LogP contribution in [-0.2, 0) is 32.6 Å². The van der Waals surface area contributed by atoms with Gasteiger partial charge in [-0.1, -0.05) is 56.0 Å². The molecule has 1 atom stereocenters. The summed E-state index contributed by atoms with van der Waals surface area (Å²) >= 11 is 3.45. The maximum absolute atomic E-state index is 12.7. The van der Waals surface area contributed by atoms with Crippen LogP contribution < -0.4 is 0 Å². The SMILES string of the molecule is C=CS(=O)(=O)N(Cc1nnn(Cc2ccccc2)c1Br)[C@@H](CC(C)C)C(=O)OC. The van der Waals surface area contributed by atoms with Gasteiger partial charge in [0.25, 0.3) is 0 Å². The van der Waals surface area contributed by atoms with Crippen molar-refractivity contribution in [2.45, 2.75) is 39.4 Å². The third kappa shape index (κ3) is 5.97. The van der Waals surface area contributed by atoms with E-state index in [2.05, 4.69) is 32.8 Å². The summed E-state index contributed by atoms with van der Waals surface area (Å²) in [5.74, 6) is -0.559. The molecule has 0 spiro atoms. The Morgan fingerprint density at radius 3 is 2.55 bits per heavy atom. The minimum absolute atomic E-state index is 0.0684. The number of hydrogen-bond donors (Lipinski definition) is 0. The van der Waals surface area contributed by atoms with Gasteiger partial charge in [0, 0.05) is 5.41 Å². The topological polar surface area (TPSA) is 94.4 Å². The van der Waals surface area contributed by atoms with E-state index in [1.54, 1.807) is 4.68 Å². The summed E-state index contributed by atoms with van der Waals surface area (Å²) in [6, 6.07) is 8.69. The number of aromatic nitrogens is 3. The van der Waals surface area contributed by atoms with Gasteiger partial charge in [-0.3, -0.25) is 4.79 Å². The lowest BCUT2D eigenvalue weighted by Crippen LogP contribution is -2.45. The van der Waals surface area contributed by atoms with Crippen LogP contribution in [0.1, 0.15) is 31.5 Å². The number of methoxy groups -OCH3 is 1. The van der Waals surface area contributed by atoms with Crippen LogP contribution in [0.5, 0.6) is 0 Å². The first-order chi connectivity index (χ1) is 13.7. The molecule has 1 heterocycles. The van der Waals surface area contributed by atoms with Gasteiger partial charge in [-0.15, -0.1) is 5.10 Å². The molecule has 0 saturated carbocycles. The van der Waals surface area contributed by atoms with Crippen molar-refractivity contribution >= 4 is 31.9 Å². The van der Waals surface area contributed by atoms with E-state index in [0.29, 0.717) is 23.3 Å². The molecular weight excluding hydrogens is 460 g/mol. The second-order valence-corrected chi connectivity index (χ2v) is 9.48. The molecule has 0 unspecified atom stereocenters. The van der Waals surface area contributed by atoms with Crippen molar-refractivity contribution in [3.63, 3.8) is 0 Å². The highest BCUT2D eigenvalue weighted by Crippen LogP contribution is 2.24. The first-order valence-electron chi connectivity index (χ1n) is 9.03. The zero-order chi connectivity index (χ0) is 21.6. The van der Waals surface area contributed by atoms with Gasteiger partial charge in [-0.2, -0.15) is 4.31 Å². The number of carbonyl (C=O) groups is 1. The molecule has 0 fully saturated rings. The summed E-state index contributed by atoms with van der Waals surface area (Å²) in [6.45, 7) is 7.52. The number of benzene rings is 1. The van der Waals surface area contributed by atoms with Gasteiger partial charge in [0.15, 0.2) is 0 Å². The van der Waals surface area contributed by atoms with Gasteiger partial charge in [-0.25, -0.2) is 13.1 Å². The van der Waals surface area contributed by atoms with E-state index in [9.17, 15) is 13.2 Å². The lowest BCUT2D eigenvalue weighted by molar-refractivity contribution is -0.145. The van der Waals surface area contributed by atoms with Crippen molar-refractivity contribution in [1.82, 2.24) is 19.3 Å². The molecule has 158 valence electrons. The maximum Gasteiger partial charge on any atom is 0.324 e. The van der Waals surface area contributed by atoms with Crippen LogP contribution in [0.4, 0.5) is 0 Å². The Balaban J connectivity index is 2.36. The van der Waals surface area contributed by atoms with Gasteiger partial charge < -0.3 is 4.74 Å². The Morgan fingerprint density at radius 2 is 2.00 bits per heavy atom. The van der Waals surface area contributed by atoms with E-state index < -0.39 is 22.0 Å². The molecule has 1 aromatic heterocycles. The minimum atomic E-state index is -3.93. The van der Waals surface area contributed by atoms with E-state index in [4.69, 9.17) is 4.74 Å². The smallest absolute Gasteiger partial charge is 0.324 e. The molecule has 2 rings (SSSR count). The van der Waals surface area contributed by atoms with Gasteiger partial charge in [0.1, 0.15) is 16.3 Å². The van der Waals surface area contributed by atoms with E-state index >= 15 is 0 Å². The summed E-state index contributed by atoms with van der Waals surface area (Å²) in [5.41, 5.74) is 1.41. The van der Waals surface area contributed by atoms with Gasteiger partial charge in [0.05, 0.1) is 20.2 Å². The lowest BCUT2D eigenvalue weighted by Gasteiger charge is -2.28. The molecule has 0 saturated heterocycles. The molecule has 0 N–H and O–H groups in total. The quantitative estimate of drug-likeness (QED) is 0.481. The van der Waals surface area contributed by atoms with E-state index in [1.165, 1.54) is 7.11 Å². The number of sulfonamides is 1. The largest absolute Gasteiger partial charge is 0.468 e. The van der Waals surface area contributed by atoms with Crippen LogP contribution in [0.15, 0.2) is 46.9 Å². The second-order valence-electron chi connectivity index (χ2n) is 6.90. The minimum Gasteiger partial charge on any atom is -0.468 e. The molecule has 0 aliphatic carbocycles. The van der Waals surface area contributed by atoms with Crippen molar-refractivity contribution in [3.05, 3.63) is 58.2 Å². The zero-order valence-electron chi connectivity index (χ0n) is 16.7. The number of ether oxygens (including phenoxy) is 1. The fourth-order valence-electron chi connectivity index (χ4n) is 2.83. The van der Waals surface area contributed by atoms with Crippen molar-refractivity contribution in [2.24, 2.45) is 5.92 Å². The van der Waals surface area contributed by atoms with Crippen LogP contribution in [0.25, 0.3) is 0 Å². The Kier molecular flexibility index (Phi) is 8.12. The fraction of sp³-hybridized carbons (Fsp3) is 0.421. The molecule has 10 heteroatoms. The van der Waals surface area contributed by atoms with Gasteiger partial charge >= 0.3 is 5.97 Å². The van der Waals surface area contributed by atoms with Crippen LogP contribution in [-0.4, -0.2) is 46.8 Å². The Morgan fingerprint density at radius 1 is 1.34 bits per heavy atom. The molecule has 8 nitrogen and oxygen atoms in total. The first-order valence-corrected chi connectivity index (χ1v) is 11.3. The Bertz CT molecular complexity index is 944. The average molecular weight is 485 g/mol. The number of halogens is 1. The molecule has 0 aliphatic heterocycles. The van der Waals surface area contributed by atoms with Crippen molar-refractivity contribution < 1.29 is 17.9 Å². The summed E-state index contributed by atoms with van der Waals surface area (Å²) in [6.07, 6.45) is 0.301. The second kappa shape index (κ2) is 10.1. The maximum atomic E-state index is 12.7. The number of hydrogen-bond acceptors (Lipinski definition) is 6. The van der Waals surface area contributed by atoms with Crippen molar-refractivity contribution in [1.29, 1.82) is 0 Å². The molecule has 0 aliphatic rings. The normalized spacial score (nSPS) is 12.9. The summed E-state index contributed by atoms with van der Waals surface area (Å²) < 4.78 is 33.5. The highest BCUT2D eigenvalue weighted by molar-refractivity contribution is 9.10. The highest BCUT2D eigenvalue weighted by atomic mass is 79.9. The monoisotopic (exact) mass is 484 g/mol. The summed E-state index contributed by atoms with van der Waals surface area (Å²) in [4.78, 5) is 12.4. The number of rotatable bonds is 10. The van der Waals surface area contributed by atoms with Crippen LogP contribution in [0, 0.1) is 5.92 Å². The number of esters is 1. The highest BCUT2D eigenvalue weighted by Gasteiger charge is 2.36. The Labute approximate surface area is 179 Å². The molecule has 0 radical (unpaired) electrons. The molecular formula is C19H25BrN4O4S. The fourth-order valence-corrected chi connectivity index (χ4v) is 4.25. The number of nitrogens with zero attached hydrogens (tertiary/aromatic N) is 4. The molecule has 1 aromatic carbocycles. The van der Waals surface area contributed by atoms with Crippen molar-refractivity contribution in [2.75, 3.05) is 7.11 Å². The lowest BCUT2D eigenvalue weighted by atomic mass is 10.0. The molecule has 0 amide bonds. The summed E-state index contributed by atoms with van der Waals surface area (Å²) in [7, 11) is -2.69. The predicted molar refractivity (Wildman–Crippen MR) is 113 cm³/mol. The predicted octanol–water partition coefficient (Wildman–Crippen LogP) is 2.95. The van der Waals surface area contributed by atoms with Crippen LogP contribution in [0.2, 0.25) is 0 Å². The third-order valence-corrected chi connectivity index (χ3v) is 6.60. The van der Waals surface area contributed by atoms with E-state index in [1.807, 2.05) is 44.2 Å². The van der Waals surface area contributed by atoms with E-state index in [0.717, 1.165) is 15.3 Å². The van der Waals surface area contributed by atoms with Gasteiger partial charge in [0.2, 0.25) is 10.0 Å². The molecule has 0 bridgehead atoms. The number of carbonyl (C=O) groups excluding carboxylic acids is 1. The average Bonchev–Trinajstić information content (AvgIpc) is 3.03. The third-order valence-electron chi connectivity index (χ3n) is 4.27. The molecule has 29 heavy (non-hydrogen) atoms. The standard InChI is InChI=1S/C19H25BrN4O4S/c1-5-29(26,27)24(17(11-14(2)3)19(25)28-4)13-16-18(20)23(22-21-16)12-15-9-7-6-8-10-15/h5-10,14,17H,1,11-13H2,2-4H3/t17-/m0/s1. The first kappa shape index (κ1) is 23.2. The summed E-state index contributed by atoms with van der Waals surface area (Å²) in [5, 5.41) is 9.06. The van der Waals surface area contributed by atoms with E-state index in [-0.39, 0.29) is 12.5 Å². The van der Waals surface area contributed by atoms with Gasteiger partial charge in [-0.05, 0) is 33.8 Å². The van der Waals surface area contributed by atoms with Crippen molar-refractivity contribution in [3.8, 4) is 0 Å². The van der Waals surface area contributed by atoms with Crippen LogP contribution in [0.3, 0.4) is 0 Å². The van der Waals surface area contributed by atoms with Crippen LogP contribution >= 0.6 is 15.9 Å². The molecule has 2 aromatic rings.